The van der Waals surface area contributed by atoms with Crippen LogP contribution in [0.3, 0.4) is 0 Å². The van der Waals surface area contributed by atoms with Crippen molar-refractivity contribution in [1.29, 1.82) is 0 Å². The summed E-state index contributed by atoms with van der Waals surface area (Å²) in [5.74, 6) is -1.36. The Morgan fingerprint density at radius 2 is 1.74 bits per heavy atom. The fraction of sp³-hybridized carbons (Fsp3) is 0.167. The molecule has 7 nitrogen and oxygen atoms in total. The summed E-state index contributed by atoms with van der Waals surface area (Å²) in [4.78, 5) is 27.7. The molecule has 34 heavy (non-hydrogen) atoms. The van der Waals surface area contributed by atoms with E-state index in [0.717, 1.165) is 0 Å². The molecular weight excluding hydrogens is 505 g/mol. The van der Waals surface area contributed by atoms with Gasteiger partial charge in [0.15, 0.2) is 11.5 Å². The summed E-state index contributed by atoms with van der Waals surface area (Å²) in [5.41, 5.74) is 0.135. The highest BCUT2D eigenvalue weighted by atomic mass is 35.5. The molecule has 1 aromatic heterocycles. The summed E-state index contributed by atoms with van der Waals surface area (Å²) in [5, 5.41) is 11.8. The number of methoxy groups -OCH3 is 2. The first-order valence-corrected chi connectivity index (χ1v) is 11.1. The number of carbonyl (C=O) groups is 2. The monoisotopic (exact) mass is 521 g/mol. The molecule has 1 amide bonds. The first-order valence-electron chi connectivity index (χ1n) is 9.92. The van der Waals surface area contributed by atoms with Crippen LogP contribution in [0.15, 0.2) is 52.5 Å². The lowest BCUT2D eigenvalue weighted by Crippen LogP contribution is -2.29. The van der Waals surface area contributed by atoms with Crippen molar-refractivity contribution in [2.75, 3.05) is 19.1 Å². The van der Waals surface area contributed by atoms with Gasteiger partial charge in [0.1, 0.15) is 28.3 Å². The number of aliphatic hydroxyl groups is 1. The summed E-state index contributed by atoms with van der Waals surface area (Å²) in [6.07, 6.45) is 0. The molecule has 1 atom stereocenters. The number of hydrogen-bond acceptors (Lipinski definition) is 6. The summed E-state index contributed by atoms with van der Waals surface area (Å²) in [6, 6.07) is 10.0. The van der Waals surface area contributed by atoms with E-state index in [1.807, 2.05) is 0 Å². The predicted molar refractivity (Wildman–Crippen MR) is 129 cm³/mol. The molecule has 1 fully saturated rings. The van der Waals surface area contributed by atoms with E-state index in [1.165, 1.54) is 31.3 Å². The van der Waals surface area contributed by atoms with E-state index in [0.29, 0.717) is 16.5 Å². The Kier molecular flexibility index (Phi) is 6.53. The highest BCUT2D eigenvalue weighted by molar-refractivity contribution is 6.52. The van der Waals surface area contributed by atoms with Crippen molar-refractivity contribution < 1.29 is 28.6 Å². The van der Waals surface area contributed by atoms with Gasteiger partial charge in [0.25, 0.3) is 11.7 Å². The molecule has 2 heterocycles. The van der Waals surface area contributed by atoms with Gasteiger partial charge in [0, 0.05) is 10.7 Å². The molecule has 0 bridgehead atoms. The molecule has 1 saturated heterocycles. The lowest BCUT2D eigenvalue weighted by Gasteiger charge is -2.24. The second-order valence-corrected chi connectivity index (χ2v) is 8.61. The Bertz CT molecular complexity index is 1350. The van der Waals surface area contributed by atoms with Gasteiger partial charge in [-0.3, -0.25) is 14.5 Å². The number of furan rings is 1. The van der Waals surface area contributed by atoms with E-state index in [9.17, 15) is 14.7 Å². The molecule has 0 radical (unpaired) electrons. The summed E-state index contributed by atoms with van der Waals surface area (Å²) in [7, 11) is 2.71. The Balaban J connectivity index is 2.01. The van der Waals surface area contributed by atoms with Crippen LogP contribution in [-0.4, -0.2) is 31.0 Å². The number of ketones is 1. The van der Waals surface area contributed by atoms with Crippen molar-refractivity contribution in [3.63, 3.8) is 0 Å². The lowest BCUT2D eigenvalue weighted by atomic mass is 9.98. The molecule has 0 spiro atoms. The number of anilines is 1. The highest BCUT2D eigenvalue weighted by Crippen LogP contribution is 2.48. The lowest BCUT2D eigenvalue weighted by molar-refractivity contribution is -0.132. The minimum Gasteiger partial charge on any atom is -0.507 e. The SMILES string of the molecule is COc1c(Cl)cc(/C(O)=C2\C(=O)C(=O)N(c3cccc(Cl)c3)C2c2ccc(C)o2)c(OC)c1Cl. The smallest absolute Gasteiger partial charge is 0.300 e. The first kappa shape index (κ1) is 24.0. The van der Waals surface area contributed by atoms with Crippen LogP contribution in [0.4, 0.5) is 5.69 Å². The van der Waals surface area contributed by atoms with E-state index in [4.69, 9.17) is 48.7 Å². The van der Waals surface area contributed by atoms with E-state index >= 15 is 0 Å². The third-order valence-electron chi connectivity index (χ3n) is 5.36. The van der Waals surface area contributed by atoms with Gasteiger partial charge in [-0.25, -0.2) is 0 Å². The number of rotatable bonds is 5. The molecule has 1 aliphatic heterocycles. The molecule has 2 aromatic carbocycles. The van der Waals surface area contributed by atoms with Crippen LogP contribution >= 0.6 is 34.8 Å². The molecule has 0 saturated carbocycles. The van der Waals surface area contributed by atoms with Gasteiger partial charge in [0.2, 0.25) is 0 Å². The van der Waals surface area contributed by atoms with Crippen molar-refractivity contribution in [2.24, 2.45) is 0 Å². The van der Waals surface area contributed by atoms with Crippen molar-refractivity contribution in [3.8, 4) is 11.5 Å². The van der Waals surface area contributed by atoms with Crippen LogP contribution in [-0.2, 0) is 9.59 Å². The van der Waals surface area contributed by atoms with Crippen molar-refractivity contribution in [2.45, 2.75) is 13.0 Å². The van der Waals surface area contributed by atoms with Crippen LogP contribution in [0.2, 0.25) is 15.1 Å². The number of carbonyl (C=O) groups excluding carboxylic acids is 2. The zero-order valence-electron chi connectivity index (χ0n) is 18.2. The van der Waals surface area contributed by atoms with Gasteiger partial charge in [-0.2, -0.15) is 0 Å². The molecule has 0 aliphatic carbocycles. The Morgan fingerprint density at radius 1 is 1.03 bits per heavy atom. The topological polar surface area (TPSA) is 89.2 Å². The van der Waals surface area contributed by atoms with Gasteiger partial charge in [-0.15, -0.1) is 0 Å². The van der Waals surface area contributed by atoms with Gasteiger partial charge >= 0.3 is 0 Å². The van der Waals surface area contributed by atoms with Gasteiger partial charge in [0.05, 0.1) is 30.4 Å². The number of aliphatic hydroxyl groups excluding tert-OH is 1. The fourth-order valence-corrected chi connectivity index (χ4v) is 4.76. The highest BCUT2D eigenvalue weighted by Gasteiger charge is 2.49. The van der Waals surface area contributed by atoms with E-state index in [-0.39, 0.29) is 38.4 Å². The van der Waals surface area contributed by atoms with Crippen LogP contribution in [0, 0.1) is 6.92 Å². The molecular formula is C24H18Cl3NO6. The van der Waals surface area contributed by atoms with Crippen molar-refractivity contribution in [3.05, 3.63) is 80.2 Å². The number of amides is 1. The maximum absolute atomic E-state index is 13.3. The number of hydrogen-bond donors (Lipinski definition) is 1. The molecule has 176 valence electrons. The second kappa shape index (κ2) is 9.25. The number of benzene rings is 2. The minimum atomic E-state index is -1.09. The summed E-state index contributed by atoms with van der Waals surface area (Å²) < 4.78 is 16.3. The maximum Gasteiger partial charge on any atom is 0.300 e. The van der Waals surface area contributed by atoms with E-state index in [2.05, 4.69) is 0 Å². The van der Waals surface area contributed by atoms with Crippen molar-refractivity contribution in [1.82, 2.24) is 0 Å². The standard InChI is InChI=1S/C24H18Cl3NO6/c1-11-7-8-16(34-11)19-17(21(30)24(31)28(19)13-6-4-5-12(25)9-13)20(29)14-10-15(26)23(33-3)18(27)22(14)32-2/h4-10,19,29H,1-3H3/b20-17+. The van der Waals surface area contributed by atoms with Crippen molar-refractivity contribution >= 4 is 57.9 Å². The van der Waals surface area contributed by atoms with Gasteiger partial charge in [-0.05, 0) is 43.3 Å². The van der Waals surface area contributed by atoms with E-state index in [1.54, 1.807) is 37.3 Å². The predicted octanol–water partition coefficient (Wildman–Crippen LogP) is 6.19. The van der Waals surface area contributed by atoms with Gasteiger partial charge < -0.3 is 19.0 Å². The number of Topliss-reactive ketones (excluding diaryl/α,β-unsaturated/α-hetero) is 1. The zero-order chi connectivity index (χ0) is 24.7. The zero-order valence-corrected chi connectivity index (χ0v) is 20.5. The minimum absolute atomic E-state index is 0.00601. The number of aryl methyl sites for hydroxylation is 1. The normalized spacial score (nSPS) is 17.4. The summed E-state index contributed by atoms with van der Waals surface area (Å²) in [6.45, 7) is 1.72. The largest absolute Gasteiger partial charge is 0.507 e. The van der Waals surface area contributed by atoms with Crippen LogP contribution < -0.4 is 14.4 Å². The molecule has 1 unspecified atom stereocenters. The Morgan fingerprint density at radius 3 is 2.32 bits per heavy atom. The van der Waals surface area contributed by atoms with Crippen LogP contribution in [0.25, 0.3) is 5.76 Å². The maximum atomic E-state index is 13.3. The molecule has 4 rings (SSSR count). The molecule has 1 aliphatic rings. The number of halogens is 3. The third-order valence-corrected chi connectivity index (χ3v) is 6.22. The van der Waals surface area contributed by atoms with Crippen LogP contribution in [0.5, 0.6) is 11.5 Å². The fourth-order valence-electron chi connectivity index (χ4n) is 3.89. The average molecular weight is 523 g/mol. The Hall–Kier alpha value is -3.13. The second-order valence-electron chi connectivity index (χ2n) is 7.38. The molecule has 10 heteroatoms. The third kappa shape index (κ3) is 3.90. The molecule has 3 aromatic rings. The average Bonchev–Trinajstić information content (AvgIpc) is 3.34. The van der Waals surface area contributed by atoms with E-state index < -0.39 is 23.5 Å². The quantitative estimate of drug-likeness (QED) is 0.244. The Labute approximate surface area is 210 Å². The summed E-state index contributed by atoms with van der Waals surface area (Å²) >= 11 is 18.8. The first-order chi connectivity index (χ1) is 16.2. The van der Waals surface area contributed by atoms with Gasteiger partial charge in [-0.1, -0.05) is 40.9 Å². The number of nitrogens with zero attached hydrogens (tertiary/aromatic N) is 1. The molecule has 1 N–H and O–H groups in total. The number of ether oxygens (including phenoxy) is 2. The van der Waals surface area contributed by atoms with Crippen LogP contribution in [0.1, 0.15) is 23.1 Å².